The number of aromatic nitrogens is 2. The summed E-state index contributed by atoms with van der Waals surface area (Å²) >= 11 is 3.08. The standard InChI is InChI=1S/C13H10N2O2S3/c1-20(16,17)10-4-2-9(3-5-10)19-13-11-6-7-18-12(11)14-8-15-13/h2-8H,1H3. The van der Waals surface area contributed by atoms with Crippen LogP contribution in [0.5, 0.6) is 0 Å². The maximum atomic E-state index is 11.4. The number of hydrogen-bond acceptors (Lipinski definition) is 6. The van der Waals surface area contributed by atoms with Gasteiger partial charge < -0.3 is 0 Å². The van der Waals surface area contributed by atoms with Crippen molar-refractivity contribution in [3.05, 3.63) is 42.0 Å². The van der Waals surface area contributed by atoms with Crippen LogP contribution in [-0.4, -0.2) is 24.6 Å². The first-order chi connectivity index (χ1) is 9.54. The zero-order valence-electron chi connectivity index (χ0n) is 10.5. The number of sulfone groups is 1. The van der Waals surface area contributed by atoms with Crippen molar-refractivity contribution < 1.29 is 8.42 Å². The second-order valence-corrected chi connectivity index (χ2v) is 8.14. The number of thiophene rings is 1. The summed E-state index contributed by atoms with van der Waals surface area (Å²) < 4.78 is 22.8. The van der Waals surface area contributed by atoms with Gasteiger partial charge in [0.25, 0.3) is 0 Å². The third kappa shape index (κ3) is 2.70. The number of benzene rings is 1. The topological polar surface area (TPSA) is 59.9 Å². The molecule has 0 aliphatic rings. The highest BCUT2D eigenvalue weighted by Gasteiger charge is 2.09. The number of nitrogens with zero attached hydrogens (tertiary/aromatic N) is 2. The van der Waals surface area contributed by atoms with Gasteiger partial charge in [0.05, 0.1) is 4.90 Å². The summed E-state index contributed by atoms with van der Waals surface area (Å²) in [5.41, 5.74) is 0. The lowest BCUT2D eigenvalue weighted by Crippen LogP contribution is -1.96. The predicted octanol–water partition coefficient (Wildman–Crippen LogP) is 3.25. The Kier molecular flexibility index (Phi) is 3.49. The fourth-order valence-electron chi connectivity index (χ4n) is 1.72. The van der Waals surface area contributed by atoms with Gasteiger partial charge in [0.15, 0.2) is 9.84 Å². The van der Waals surface area contributed by atoms with Crippen LogP contribution in [0.1, 0.15) is 0 Å². The molecule has 0 aliphatic carbocycles. The lowest BCUT2D eigenvalue weighted by Gasteiger charge is -2.03. The molecule has 7 heteroatoms. The van der Waals surface area contributed by atoms with Gasteiger partial charge in [0, 0.05) is 16.5 Å². The summed E-state index contributed by atoms with van der Waals surface area (Å²) in [6, 6.07) is 8.81. The Hall–Kier alpha value is -1.44. The molecular weight excluding hydrogens is 312 g/mol. The molecule has 0 atom stereocenters. The van der Waals surface area contributed by atoms with E-state index in [1.54, 1.807) is 41.9 Å². The molecule has 0 saturated carbocycles. The lowest BCUT2D eigenvalue weighted by atomic mass is 10.4. The lowest BCUT2D eigenvalue weighted by molar-refractivity contribution is 0.602. The highest BCUT2D eigenvalue weighted by atomic mass is 32.2. The zero-order valence-corrected chi connectivity index (χ0v) is 12.9. The first-order valence-electron chi connectivity index (χ1n) is 5.70. The monoisotopic (exact) mass is 322 g/mol. The molecule has 2 aromatic heterocycles. The molecule has 0 fully saturated rings. The largest absolute Gasteiger partial charge is 0.229 e. The number of hydrogen-bond donors (Lipinski definition) is 0. The Balaban J connectivity index is 1.93. The van der Waals surface area contributed by atoms with Crippen LogP contribution in [0.4, 0.5) is 0 Å². The Morgan fingerprint density at radius 3 is 2.55 bits per heavy atom. The summed E-state index contributed by atoms with van der Waals surface area (Å²) in [7, 11) is -3.15. The second-order valence-electron chi connectivity index (χ2n) is 4.16. The maximum Gasteiger partial charge on any atom is 0.175 e. The summed E-state index contributed by atoms with van der Waals surface area (Å²) in [4.78, 5) is 10.7. The fourth-order valence-corrected chi connectivity index (χ4v) is 4.01. The Bertz CT molecular complexity index is 855. The minimum atomic E-state index is -3.15. The van der Waals surface area contributed by atoms with Gasteiger partial charge >= 0.3 is 0 Å². The van der Waals surface area contributed by atoms with E-state index in [9.17, 15) is 8.42 Å². The molecule has 0 radical (unpaired) electrons. The fraction of sp³-hybridized carbons (Fsp3) is 0.0769. The van der Waals surface area contributed by atoms with Gasteiger partial charge in [-0.15, -0.1) is 11.3 Å². The molecule has 4 nitrogen and oxygen atoms in total. The smallest absolute Gasteiger partial charge is 0.175 e. The van der Waals surface area contributed by atoms with Crippen LogP contribution in [0.2, 0.25) is 0 Å². The van der Waals surface area contributed by atoms with Crippen LogP contribution in [0, 0.1) is 0 Å². The third-order valence-electron chi connectivity index (χ3n) is 2.69. The highest BCUT2D eigenvalue weighted by Crippen LogP contribution is 2.33. The van der Waals surface area contributed by atoms with Gasteiger partial charge in [-0.25, -0.2) is 18.4 Å². The molecule has 0 saturated heterocycles. The van der Waals surface area contributed by atoms with E-state index in [-0.39, 0.29) is 0 Å². The normalized spacial score (nSPS) is 11.8. The van der Waals surface area contributed by atoms with Gasteiger partial charge in [-0.05, 0) is 35.7 Å². The number of fused-ring (bicyclic) bond motifs is 1. The molecule has 0 unspecified atom stereocenters. The van der Waals surface area contributed by atoms with Crippen molar-refractivity contribution in [3.8, 4) is 0 Å². The van der Waals surface area contributed by atoms with E-state index >= 15 is 0 Å². The molecule has 1 aromatic carbocycles. The Morgan fingerprint density at radius 1 is 1.10 bits per heavy atom. The molecule has 0 bridgehead atoms. The molecule has 0 aliphatic heterocycles. The summed E-state index contributed by atoms with van der Waals surface area (Å²) in [6.07, 6.45) is 2.75. The Morgan fingerprint density at radius 2 is 1.85 bits per heavy atom. The predicted molar refractivity (Wildman–Crippen MR) is 81.1 cm³/mol. The van der Waals surface area contributed by atoms with Crippen LogP contribution in [-0.2, 0) is 9.84 Å². The van der Waals surface area contributed by atoms with Crippen molar-refractivity contribution in [1.29, 1.82) is 0 Å². The maximum absolute atomic E-state index is 11.4. The Labute approximate surface area is 124 Å². The van der Waals surface area contributed by atoms with Crippen LogP contribution >= 0.6 is 23.1 Å². The van der Waals surface area contributed by atoms with Crippen LogP contribution in [0.25, 0.3) is 10.2 Å². The highest BCUT2D eigenvalue weighted by molar-refractivity contribution is 7.99. The van der Waals surface area contributed by atoms with E-state index < -0.39 is 9.84 Å². The zero-order chi connectivity index (χ0) is 14.2. The molecule has 3 rings (SSSR count). The van der Waals surface area contributed by atoms with Crippen molar-refractivity contribution in [1.82, 2.24) is 9.97 Å². The SMILES string of the molecule is CS(=O)(=O)c1ccc(Sc2ncnc3sccc23)cc1. The van der Waals surface area contributed by atoms with E-state index in [1.165, 1.54) is 18.0 Å². The first kappa shape index (κ1) is 13.5. The summed E-state index contributed by atoms with van der Waals surface area (Å²) in [6.45, 7) is 0. The number of rotatable bonds is 3. The van der Waals surface area contributed by atoms with E-state index in [1.807, 2.05) is 11.4 Å². The molecule has 2 heterocycles. The molecule has 102 valence electrons. The van der Waals surface area contributed by atoms with Gasteiger partial charge in [0.2, 0.25) is 0 Å². The quantitative estimate of drug-likeness (QED) is 0.693. The van der Waals surface area contributed by atoms with Crippen LogP contribution < -0.4 is 0 Å². The van der Waals surface area contributed by atoms with Crippen molar-refractivity contribution in [2.75, 3.05) is 6.26 Å². The summed E-state index contributed by atoms with van der Waals surface area (Å²) in [5, 5.41) is 3.88. The molecule has 0 spiro atoms. The van der Waals surface area contributed by atoms with E-state index in [2.05, 4.69) is 9.97 Å². The minimum absolute atomic E-state index is 0.324. The van der Waals surface area contributed by atoms with Gasteiger partial charge in [-0.2, -0.15) is 0 Å². The first-order valence-corrected chi connectivity index (χ1v) is 9.29. The van der Waals surface area contributed by atoms with Crippen LogP contribution in [0.15, 0.2) is 56.9 Å². The molecule has 0 amide bonds. The minimum Gasteiger partial charge on any atom is -0.229 e. The van der Waals surface area contributed by atoms with Gasteiger partial charge in [0.1, 0.15) is 16.2 Å². The van der Waals surface area contributed by atoms with Gasteiger partial charge in [-0.3, -0.25) is 0 Å². The van der Waals surface area contributed by atoms with E-state index in [0.29, 0.717) is 4.90 Å². The van der Waals surface area contributed by atoms with E-state index in [0.717, 1.165) is 20.1 Å². The molecule has 20 heavy (non-hydrogen) atoms. The average Bonchev–Trinajstić information content (AvgIpc) is 2.88. The molecule has 3 aromatic rings. The van der Waals surface area contributed by atoms with Crippen LogP contribution in [0.3, 0.4) is 0 Å². The van der Waals surface area contributed by atoms with Crippen molar-refractivity contribution in [3.63, 3.8) is 0 Å². The third-order valence-corrected chi connectivity index (χ3v) is 5.67. The molecular formula is C13H10N2O2S3. The van der Waals surface area contributed by atoms with Crippen molar-refractivity contribution in [2.24, 2.45) is 0 Å². The van der Waals surface area contributed by atoms with Crippen molar-refractivity contribution >= 4 is 43.2 Å². The van der Waals surface area contributed by atoms with Crippen molar-refractivity contribution in [2.45, 2.75) is 14.8 Å². The average molecular weight is 322 g/mol. The molecule has 0 N–H and O–H groups in total. The summed E-state index contributed by atoms with van der Waals surface area (Å²) in [5.74, 6) is 0. The second kappa shape index (κ2) is 5.16. The van der Waals surface area contributed by atoms with E-state index in [4.69, 9.17) is 0 Å². The van der Waals surface area contributed by atoms with Gasteiger partial charge in [-0.1, -0.05) is 11.8 Å².